The van der Waals surface area contributed by atoms with Gasteiger partial charge in [-0.05, 0) is 12.1 Å². The number of carbonyl (C=O) groups excluding carboxylic acids is 2. The molecule has 2 rings (SSSR count). The van der Waals surface area contributed by atoms with Crippen LogP contribution >= 0.6 is 27.3 Å². The average Bonchev–Trinajstić information content (AvgIpc) is 2.71. The summed E-state index contributed by atoms with van der Waals surface area (Å²) in [7, 11) is 0. The van der Waals surface area contributed by atoms with Crippen LogP contribution in [0.4, 0.5) is 5.69 Å². The minimum absolute atomic E-state index is 0.120. The third-order valence-electron chi connectivity index (χ3n) is 2.68. The van der Waals surface area contributed by atoms with Gasteiger partial charge >= 0.3 is 0 Å². The number of carbonyl (C=O) groups is 2. The third kappa shape index (κ3) is 3.29. The van der Waals surface area contributed by atoms with Crippen LogP contribution in [0.25, 0.3) is 10.1 Å². The molecule has 0 atom stereocenters. The van der Waals surface area contributed by atoms with Gasteiger partial charge in [-0.2, -0.15) is 0 Å². The summed E-state index contributed by atoms with van der Waals surface area (Å²) in [6, 6.07) is 5.72. The lowest BCUT2D eigenvalue weighted by molar-refractivity contribution is -0.118. The molecule has 0 aliphatic carbocycles. The van der Waals surface area contributed by atoms with Crippen molar-refractivity contribution in [2.45, 2.75) is 6.92 Å². The number of nitrogens with two attached hydrogens (primary N) is 1. The number of thiophene rings is 1. The summed E-state index contributed by atoms with van der Waals surface area (Å²) < 4.78 is 1.91. The molecule has 1 aromatic heterocycles. The van der Waals surface area contributed by atoms with Crippen molar-refractivity contribution in [3.8, 4) is 0 Å². The maximum absolute atomic E-state index is 12.1. The van der Waals surface area contributed by atoms with Crippen LogP contribution in [0.15, 0.2) is 22.7 Å². The van der Waals surface area contributed by atoms with Crippen LogP contribution in [-0.4, -0.2) is 24.9 Å². The number of rotatable bonds is 4. The number of benzene rings is 1. The van der Waals surface area contributed by atoms with Gasteiger partial charge in [0.25, 0.3) is 5.91 Å². The van der Waals surface area contributed by atoms with Gasteiger partial charge in [-0.1, -0.05) is 22.0 Å². The van der Waals surface area contributed by atoms with Gasteiger partial charge in [0.15, 0.2) is 0 Å². The number of halogens is 1. The Labute approximate surface area is 128 Å². The summed E-state index contributed by atoms with van der Waals surface area (Å²) in [5.41, 5.74) is 6.50. The summed E-state index contributed by atoms with van der Waals surface area (Å²) in [5, 5.41) is 6.23. The zero-order valence-electron chi connectivity index (χ0n) is 10.8. The standard InChI is InChI=1S/C13H14BrN3O2S/c1-7(18)16-4-5-17-13(19)12-11(15)9-3-2-8(14)6-10(9)20-12/h2-3,6H,4-5,15H2,1H3,(H,16,18)(H,17,19). The van der Waals surface area contributed by atoms with Crippen LogP contribution in [0.2, 0.25) is 0 Å². The second-order valence-electron chi connectivity index (χ2n) is 4.22. The van der Waals surface area contributed by atoms with Crippen LogP contribution in [0.3, 0.4) is 0 Å². The zero-order chi connectivity index (χ0) is 14.7. The molecule has 2 amide bonds. The molecular formula is C13H14BrN3O2S. The lowest BCUT2D eigenvalue weighted by atomic mass is 10.2. The van der Waals surface area contributed by atoms with Crippen LogP contribution in [-0.2, 0) is 4.79 Å². The number of fused-ring (bicyclic) bond motifs is 1. The van der Waals surface area contributed by atoms with E-state index in [1.807, 2.05) is 18.2 Å². The molecule has 0 radical (unpaired) electrons. The van der Waals surface area contributed by atoms with Gasteiger partial charge in [0.2, 0.25) is 5.91 Å². The molecule has 1 heterocycles. The first-order chi connectivity index (χ1) is 9.49. The van der Waals surface area contributed by atoms with Crippen molar-refractivity contribution in [2.24, 2.45) is 0 Å². The fourth-order valence-corrected chi connectivity index (χ4v) is 3.35. The highest BCUT2D eigenvalue weighted by molar-refractivity contribution is 9.10. The molecule has 0 unspecified atom stereocenters. The van der Waals surface area contributed by atoms with E-state index in [2.05, 4.69) is 26.6 Å². The fourth-order valence-electron chi connectivity index (χ4n) is 1.75. The van der Waals surface area contributed by atoms with E-state index in [0.717, 1.165) is 14.6 Å². The lowest BCUT2D eigenvalue weighted by Crippen LogP contribution is -2.33. The summed E-state index contributed by atoms with van der Waals surface area (Å²) in [6.07, 6.45) is 0. The number of nitrogen functional groups attached to an aromatic ring is 1. The number of hydrogen-bond donors (Lipinski definition) is 3. The van der Waals surface area contributed by atoms with E-state index in [4.69, 9.17) is 5.73 Å². The van der Waals surface area contributed by atoms with Gasteiger partial charge in [0.1, 0.15) is 4.88 Å². The van der Waals surface area contributed by atoms with E-state index in [1.54, 1.807) is 0 Å². The van der Waals surface area contributed by atoms with Gasteiger partial charge in [-0.3, -0.25) is 9.59 Å². The van der Waals surface area contributed by atoms with Crippen LogP contribution in [0.5, 0.6) is 0 Å². The fraction of sp³-hybridized carbons (Fsp3) is 0.231. The topological polar surface area (TPSA) is 84.2 Å². The van der Waals surface area contributed by atoms with E-state index >= 15 is 0 Å². The van der Waals surface area contributed by atoms with Crippen molar-refractivity contribution in [3.63, 3.8) is 0 Å². The predicted octanol–water partition coefficient (Wildman–Crippen LogP) is 2.11. The summed E-state index contributed by atoms with van der Waals surface area (Å²) >= 11 is 4.75. The van der Waals surface area contributed by atoms with Crippen molar-refractivity contribution >= 4 is 54.9 Å². The van der Waals surface area contributed by atoms with Crippen molar-refractivity contribution < 1.29 is 9.59 Å². The molecule has 0 fully saturated rings. The largest absolute Gasteiger partial charge is 0.397 e. The second kappa shape index (κ2) is 6.23. The molecule has 0 aliphatic heterocycles. The highest BCUT2D eigenvalue weighted by atomic mass is 79.9. The highest BCUT2D eigenvalue weighted by Gasteiger charge is 2.16. The maximum atomic E-state index is 12.1. The van der Waals surface area contributed by atoms with Crippen LogP contribution < -0.4 is 16.4 Å². The molecular weight excluding hydrogens is 342 g/mol. The number of hydrogen-bond acceptors (Lipinski definition) is 4. The Kier molecular flexibility index (Phi) is 4.61. The van der Waals surface area contributed by atoms with E-state index in [0.29, 0.717) is 23.7 Å². The Morgan fingerprint density at radius 3 is 2.70 bits per heavy atom. The van der Waals surface area contributed by atoms with Gasteiger partial charge in [0.05, 0.1) is 5.69 Å². The molecule has 20 heavy (non-hydrogen) atoms. The maximum Gasteiger partial charge on any atom is 0.263 e. The summed E-state index contributed by atoms with van der Waals surface area (Å²) in [5.74, 6) is -0.337. The molecule has 2 aromatic rings. The number of nitrogens with one attached hydrogen (secondary N) is 2. The predicted molar refractivity (Wildman–Crippen MR) is 85.0 cm³/mol. The summed E-state index contributed by atoms with van der Waals surface area (Å²) in [6.45, 7) is 2.21. The summed E-state index contributed by atoms with van der Waals surface area (Å²) in [4.78, 5) is 23.3. The van der Waals surface area contributed by atoms with E-state index in [9.17, 15) is 9.59 Å². The number of anilines is 1. The second-order valence-corrected chi connectivity index (χ2v) is 6.19. The number of amides is 2. The smallest absolute Gasteiger partial charge is 0.263 e. The first kappa shape index (κ1) is 14.8. The van der Waals surface area contributed by atoms with Gasteiger partial charge < -0.3 is 16.4 Å². The van der Waals surface area contributed by atoms with Gasteiger partial charge in [-0.15, -0.1) is 11.3 Å². The molecule has 1 aromatic carbocycles. The first-order valence-corrected chi connectivity index (χ1v) is 7.60. The highest BCUT2D eigenvalue weighted by Crippen LogP contribution is 2.35. The van der Waals surface area contributed by atoms with Crippen molar-refractivity contribution in [2.75, 3.05) is 18.8 Å². The quantitative estimate of drug-likeness (QED) is 0.734. The van der Waals surface area contributed by atoms with Crippen LogP contribution in [0.1, 0.15) is 16.6 Å². The van der Waals surface area contributed by atoms with Crippen LogP contribution in [0, 0.1) is 0 Å². The van der Waals surface area contributed by atoms with Crippen molar-refractivity contribution in [1.29, 1.82) is 0 Å². The molecule has 106 valence electrons. The van der Waals surface area contributed by atoms with Gasteiger partial charge in [0, 0.05) is 34.6 Å². The Morgan fingerprint density at radius 1 is 1.30 bits per heavy atom. The molecule has 7 heteroatoms. The molecule has 0 aliphatic rings. The Morgan fingerprint density at radius 2 is 2.00 bits per heavy atom. The molecule has 0 saturated heterocycles. The zero-order valence-corrected chi connectivity index (χ0v) is 13.2. The average molecular weight is 356 g/mol. The Balaban J connectivity index is 2.10. The third-order valence-corrected chi connectivity index (χ3v) is 4.34. The van der Waals surface area contributed by atoms with Crippen molar-refractivity contribution in [3.05, 3.63) is 27.5 Å². The van der Waals surface area contributed by atoms with E-state index in [1.165, 1.54) is 18.3 Å². The SMILES string of the molecule is CC(=O)NCCNC(=O)c1sc2cc(Br)ccc2c1N. The molecule has 0 spiro atoms. The molecule has 0 bridgehead atoms. The lowest BCUT2D eigenvalue weighted by Gasteiger charge is -2.04. The van der Waals surface area contributed by atoms with Crippen molar-refractivity contribution in [1.82, 2.24) is 10.6 Å². The monoisotopic (exact) mass is 355 g/mol. The molecule has 0 saturated carbocycles. The first-order valence-electron chi connectivity index (χ1n) is 5.99. The minimum atomic E-state index is -0.217. The van der Waals surface area contributed by atoms with Gasteiger partial charge in [-0.25, -0.2) is 0 Å². The Hall–Kier alpha value is -1.60. The molecule has 5 nitrogen and oxygen atoms in total. The Bertz CT molecular complexity index is 669. The van der Waals surface area contributed by atoms with E-state index < -0.39 is 0 Å². The normalized spacial score (nSPS) is 10.5. The minimum Gasteiger partial charge on any atom is -0.397 e. The van der Waals surface area contributed by atoms with E-state index in [-0.39, 0.29) is 11.8 Å². The molecule has 4 N–H and O–H groups in total.